The van der Waals surface area contributed by atoms with E-state index < -0.39 is 11.5 Å². The highest BCUT2D eigenvalue weighted by atomic mass is 16.5. The highest BCUT2D eigenvalue weighted by Gasteiger charge is 2.30. The Bertz CT molecular complexity index is 1050. The molecule has 2 aromatic carbocycles. The van der Waals surface area contributed by atoms with Crippen LogP contribution in [-0.2, 0) is 4.79 Å². The molecule has 8 heteroatoms. The van der Waals surface area contributed by atoms with Gasteiger partial charge < -0.3 is 14.4 Å². The Balaban J connectivity index is 2.05. The van der Waals surface area contributed by atoms with Crippen molar-refractivity contribution >= 4 is 28.3 Å². The van der Waals surface area contributed by atoms with Crippen molar-refractivity contribution in [2.75, 3.05) is 19.1 Å². The summed E-state index contributed by atoms with van der Waals surface area (Å²) in [7, 11) is 3.46. The van der Waals surface area contributed by atoms with Gasteiger partial charge in [-0.05, 0) is 45.0 Å². The lowest BCUT2D eigenvalue weighted by Crippen LogP contribution is -2.49. The average molecular weight is 395 g/mol. The maximum Gasteiger partial charge on any atom is 0.277 e. The fourth-order valence-electron chi connectivity index (χ4n) is 3.00. The summed E-state index contributed by atoms with van der Waals surface area (Å²) in [4.78, 5) is 23.1. The van der Waals surface area contributed by atoms with Crippen LogP contribution in [0.1, 0.15) is 19.7 Å². The number of aryl methyl sites for hydroxylation is 1. The number of nitrogens with zero attached hydrogens (tertiary/aromatic N) is 3. The van der Waals surface area contributed by atoms with Crippen molar-refractivity contribution in [2.45, 2.75) is 26.4 Å². The molecule has 0 fully saturated rings. The minimum atomic E-state index is -1.18. The number of ether oxygens (including phenoxy) is 2. The maximum atomic E-state index is 12.0. The molecule has 8 nitrogen and oxygen atoms in total. The van der Waals surface area contributed by atoms with Crippen molar-refractivity contribution in [3.8, 4) is 11.5 Å². The molecule has 0 atom stereocenters. The van der Waals surface area contributed by atoms with Crippen LogP contribution in [0.4, 0.5) is 11.5 Å². The van der Waals surface area contributed by atoms with Crippen molar-refractivity contribution < 1.29 is 14.3 Å². The Morgan fingerprint density at radius 3 is 2.55 bits per heavy atom. The molecule has 0 aliphatic heterocycles. The summed E-state index contributed by atoms with van der Waals surface area (Å²) in [6.45, 7) is 5.12. The second-order valence-corrected chi connectivity index (χ2v) is 7.09. The lowest BCUT2D eigenvalue weighted by atomic mass is 10.1. The third kappa shape index (κ3) is 4.07. The molecule has 1 heterocycles. The van der Waals surface area contributed by atoms with Crippen LogP contribution in [0.25, 0.3) is 10.9 Å². The first-order chi connectivity index (χ1) is 13.8. The molecule has 0 bridgehead atoms. The van der Waals surface area contributed by atoms with Crippen molar-refractivity contribution in [3.63, 3.8) is 0 Å². The summed E-state index contributed by atoms with van der Waals surface area (Å²) in [5, 5.41) is 0.932. The first kappa shape index (κ1) is 20.3. The first-order valence-corrected chi connectivity index (χ1v) is 9.12. The van der Waals surface area contributed by atoms with Gasteiger partial charge in [0.15, 0.2) is 17.1 Å². The van der Waals surface area contributed by atoms with Gasteiger partial charge in [0.05, 0.1) is 12.6 Å². The number of hydrogen-bond donors (Lipinski definition) is 2. The first-order valence-electron chi connectivity index (χ1n) is 9.12. The molecule has 0 aliphatic rings. The van der Waals surface area contributed by atoms with E-state index in [1.54, 1.807) is 33.1 Å². The molecule has 29 heavy (non-hydrogen) atoms. The Kier molecular flexibility index (Phi) is 5.56. The monoisotopic (exact) mass is 395 g/mol. The molecule has 152 valence electrons. The SMILES string of the molecule is COc1ccc(N(C)c2nc(C)nc3ccccc23)cc1OC(C)(C)C(=O)NN. The molecule has 3 aromatic rings. The van der Waals surface area contributed by atoms with Crippen molar-refractivity contribution in [1.29, 1.82) is 0 Å². The predicted molar refractivity (Wildman–Crippen MR) is 112 cm³/mol. The summed E-state index contributed by atoms with van der Waals surface area (Å²) >= 11 is 0. The average Bonchev–Trinajstić information content (AvgIpc) is 2.71. The molecule has 0 radical (unpaired) electrons. The molecule has 1 aromatic heterocycles. The van der Waals surface area contributed by atoms with Crippen molar-refractivity contribution in [2.24, 2.45) is 5.84 Å². The van der Waals surface area contributed by atoms with Crippen LogP contribution in [0.5, 0.6) is 11.5 Å². The van der Waals surface area contributed by atoms with Gasteiger partial charge >= 0.3 is 0 Å². The molecule has 0 saturated carbocycles. The number of hydrogen-bond acceptors (Lipinski definition) is 7. The number of hydrazine groups is 1. The molecule has 0 saturated heterocycles. The van der Waals surface area contributed by atoms with Gasteiger partial charge in [-0.1, -0.05) is 12.1 Å². The minimum absolute atomic E-state index is 0.417. The number of carbonyl (C=O) groups excluding carboxylic acids is 1. The number of para-hydroxylation sites is 1. The zero-order valence-electron chi connectivity index (χ0n) is 17.2. The molecule has 3 N–H and O–H groups in total. The van der Waals surface area contributed by atoms with E-state index in [2.05, 4.69) is 15.4 Å². The van der Waals surface area contributed by atoms with Crippen LogP contribution in [0, 0.1) is 6.92 Å². The Morgan fingerprint density at radius 2 is 1.86 bits per heavy atom. The van der Waals surface area contributed by atoms with E-state index in [9.17, 15) is 4.79 Å². The van der Waals surface area contributed by atoms with Crippen LogP contribution in [0.2, 0.25) is 0 Å². The second-order valence-electron chi connectivity index (χ2n) is 7.09. The normalized spacial score (nSPS) is 11.2. The fraction of sp³-hybridized carbons (Fsp3) is 0.286. The van der Waals surface area contributed by atoms with Crippen LogP contribution in [0.3, 0.4) is 0 Å². The molecule has 0 unspecified atom stereocenters. The number of nitrogens with one attached hydrogen (secondary N) is 1. The maximum absolute atomic E-state index is 12.0. The molecule has 1 amide bonds. The summed E-state index contributed by atoms with van der Waals surface area (Å²) < 4.78 is 11.3. The summed E-state index contributed by atoms with van der Waals surface area (Å²) in [6, 6.07) is 13.3. The Morgan fingerprint density at radius 1 is 1.14 bits per heavy atom. The molecule has 0 aliphatic carbocycles. The predicted octanol–water partition coefficient (Wildman–Crippen LogP) is 2.86. The number of nitrogens with two attached hydrogens (primary N) is 1. The van der Waals surface area contributed by atoms with Crippen LogP contribution < -0.4 is 25.6 Å². The van der Waals surface area contributed by atoms with E-state index in [1.807, 2.05) is 49.2 Å². The van der Waals surface area contributed by atoms with E-state index >= 15 is 0 Å². The largest absolute Gasteiger partial charge is 0.493 e. The van der Waals surface area contributed by atoms with Gasteiger partial charge in [0.1, 0.15) is 11.6 Å². The Labute approximate surface area is 169 Å². The van der Waals surface area contributed by atoms with Crippen molar-refractivity contribution in [3.05, 3.63) is 48.3 Å². The molecule has 3 rings (SSSR count). The highest BCUT2D eigenvalue weighted by Crippen LogP contribution is 2.37. The van der Waals surface area contributed by atoms with Crippen molar-refractivity contribution in [1.82, 2.24) is 15.4 Å². The number of benzene rings is 2. The molecular formula is C21H25N5O3. The number of anilines is 2. The van der Waals surface area contributed by atoms with Gasteiger partial charge in [0.2, 0.25) is 0 Å². The zero-order chi connectivity index (χ0) is 21.2. The number of methoxy groups -OCH3 is 1. The Hall–Kier alpha value is -3.39. The fourth-order valence-corrected chi connectivity index (χ4v) is 3.00. The van der Waals surface area contributed by atoms with Gasteiger partial charge in [-0.3, -0.25) is 10.2 Å². The smallest absolute Gasteiger partial charge is 0.277 e. The minimum Gasteiger partial charge on any atom is -0.493 e. The van der Waals surface area contributed by atoms with Crippen LogP contribution >= 0.6 is 0 Å². The summed E-state index contributed by atoms with van der Waals surface area (Å²) in [5.74, 6) is 7.19. The number of amides is 1. The van der Waals surface area contributed by atoms with Crippen LogP contribution in [-0.4, -0.2) is 35.6 Å². The summed E-state index contributed by atoms with van der Waals surface area (Å²) in [5.41, 5.74) is 2.62. The van der Waals surface area contributed by atoms with Gasteiger partial charge in [0, 0.05) is 24.2 Å². The van der Waals surface area contributed by atoms with E-state index in [4.69, 9.17) is 15.3 Å². The number of fused-ring (bicyclic) bond motifs is 1. The third-order valence-corrected chi connectivity index (χ3v) is 4.59. The number of carbonyl (C=O) groups is 1. The van der Waals surface area contributed by atoms with Gasteiger partial charge in [0.25, 0.3) is 5.91 Å². The number of aromatic nitrogens is 2. The number of rotatable bonds is 6. The van der Waals surface area contributed by atoms with Gasteiger partial charge in [-0.25, -0.2) is 15.8 Å². The summed E-state index contributed by atoms with van der Waals surface area (Å²) in [6.07, 6.45) is 0. The van der Waals surface area contributed by atoms with Gasteiger partial charge in [-0.15, -0.1) is 0 Å². The molecule has 0 spiro atoms. The topological polar surface area (TPSA) is 103 Å². The highest BCUT2D eigenvalue weighted by molar-refractivity contribution is 5.91. The van der Waals surface area contributed by atoms with E-state index in [1.165, 1.54) is 0 Å². The zero-order valence-corrected chi connectivity index (χ0v) is 17.2. The second kappa shape index (κ2) is 7.92. The van der Waals surface area contributed by atoms with E-state index in [-0.39, 0.29) is 0 Å². The standard InChI is InChI=1S/C21H25N5O3/c1-13-23-16-9-7-6-8-15(16)19(24-13)26(4)14-10-11-17(28-5)18(12-14)29-21(2,3)20(27)25-22/h6-12H,22H2,1-5H3,(H,25,27). The van der Waals surface area contributed by atoms with E-state index in [0.29, 0.717) is 17.3 Å². The molecular weight excluding hydrogens is 370 g/mol. The lowest BCUT2D eigenvalue weighted by Gasteiger charge is -2.27. The van der Waals surface area contributed by atoms with Crippen LogP contribution in [0.15, 0.2) is 42.5 Å². The lowest BCUT2D eigenvalue weighted by molar-refractivity contribution is -0.134. The van der Waals surface area contributed by atoms with Gasteiger partial charge in [-0.2, -0.15) is 0 Å². The third-order valence-electron chi connectivity index (χ3n) is 4.59. The van der Waals surface area contributed by atoms with E-state index in [0.717, 1.165) is 22.4 Å². The quantitative estimate of drug-likeness (QED) is 0.376.